The molecular formula is C14H16BrN3O3. The molecule has 1 aromatic carbocycles. The van der Waals surface area contributed by atoms with Gasteiger partial charge in [0.1, 0.15) is 5.75 Å². The third kappa shape index (κ3) is 2.57. The van der Waals surface area contributed by atoms with Crippen LogP contribution in [0.15, 0.2) is 22.7 Å². The number of carbonyl (C=O) groups excluding carboxylic acids is 2. The first-order valence-corrected chi connectivity index (χ1v) is 7.56. The molecule has 2 fully saturated rings. The highest BCUT2D eigenvalue weighted by molar-refractivity contribution is 9.10. The number of halogens is 1. The van der Waals surface area contributed by atoms with Crippen LogP contribution in [0.4, 0.5) is 4.79 Å². The quantitative estimate of drug-likeness (QED) is 0.871. The van der Waals surface area contributed by atoms with Crippen molar-refractivity contribution in [2.24, 2.45) is 0 Å². The van der Waals surface area contributed by atoms with Crippen molar-refractivity contribution in [1.82, 2.24) is 15.1 Å². The Hall–Kier alpha value is -1.76. The Kier molecular flexibility index (Phi) is 3.75. The van der Waals surface area contributed by atoms with Crippen molar-refractivity contribution < 1.29 is 14.3 Å². The minimum absolute atomic E-state index is 0.0327. The number of carbonyl (C=O) groups is 2. The molecule has 0 bridgehead atoms. The number of rotatable bonds is 2. The zero-order valence-corrected chi connectivity index (χ0v) is 13.2. The Morgan fingerprint density at radius 1 is 1.43 bits per heavy atom. The van der Waals surface area contributed by atoms with Crippen LogP contribution < -0.4 is 10.1 Å². The molecule has 2 aliphatic rings. The largest absolute Gasteiger partial charge is 0.497 e. The SMILES string of the molecule is COc1ccc(Br)c(C(=O)N2CCN3C(=O)NCC3C2)c1. The van der Waals surface area contributed by atoms with Crippen LogP contribution in [0.25, 0.3) is 0 Å². The molecule has 1 aromatic rings. The second-order valence-corrected chi connectivity index (χ2v) is 5.98. The molecule has 2 heterocycles. The van der Waals surface area contributed by atoms with Gasteiger partial charge >= 0.3 is 6.03 Å². The summed E-state index contributed by atoms with van der Waals surface area (Å²) in [5.41, 5.74) is 0.583. The van der Waals surface area contributed by atoms with E-state index in [9.17, 15) is 9.59 Å². The number of amides is 3. The van der Waals surface area contributed by atoms with Gasteiger partial charge < -0.3 is 19.9 Å². The molecule has 0 spiro atoms. The van der Waals surface area contributed by atoms with Crippen LogP contribution in [0.2, 0.25) is 0 Å². The summed E-state index contributed by atoms with van der Waals surface area (Å²) in [5, 5.41) is 2.81. The van der Waals surface area contributed by atoms with Crippen LogP contribution >= 0.6 is 15.9 Å². The highest BCUT2D eigenvalue weighted by Gasteiger charge is 2.37. The van der Waals surface area contributed by atoms with Crippen LogP contribution in [0, 0.1) is 0 Å². The van der Waals surface area contributed by atoms with Crippen molar-refractivity contribution in [2.45, 2.75) is 6.04 Å². The van der Waals surface area contributed by atoms with Crippen molar-refractivity contribution in [3.63, 3.8) is 0 Å². The van der Waals surface area contributed by atoms with Gasteiger partial charge in [0.15, 0.2) is 0 Å². The van der Waals surface area contributed by atoms with Gasteiger partial charge in [0.25, 0.3) is 5.91 Å². The molecule has 3 rings (SSSR count). The van der Waals surface area contributed by atoms with Crippen molar-refractivity contribution in [3.8, 4) is 5.75 Å². The minimum atomic E-state index is -0.0419. The fourth-order valence-corrected chi connectivity index (χ4v) is 3.17. The molecule has 0 saturated carbocycles. The van der Waals surface area contributed by atoms with E-state index in [1.165, 1.54) is 0 Å². The molecule has 0 aliphatic carbocycles. The van der Waals surface area contributed by atoms with Gasteiger partial charge in [0.2, 0.25) is 0 Å². The van der Waals surface area contributed by atoms with E-state index in [4.69, 9.17) is 4.74 Å². The van der Waals surface area contributed by atoms with Gasteiger partial charge in [-0.05, 0) is 34.1 Å². The number of methoxy groups -OCH3 is 1. The Bertz CT molecular complexity index is 593. The molecule has 0 aromatic heterocycles. The Labute approximate surface area is 131 Å². The number of benzene rings is 1. The van der Waals surface area contributed by atoms with Gasteiger partial charge in [-0.25, -0.2) is 4.79 Å². The Balaban J connectivity index is 1.78. The summed E-state index contributed by atoms with van der Waals surface area (Å²) in [7, 11) is 1.58. The summed E-state index contributed by atoms with van der Waals surface area (Å²) in [6, 6.07) is 5.38. The van der Waals surface area contributed by atoms with Crippen LogP contribution in [0.5, 0.6) is 5.75 Å². The monoisotopic (exact) mass is 353 g/mol. The topological polar surface area (TPSA) is 61.9 Å². The predicted molar refractivity (Wildman–Crippen MR) is 80.5 cm³/mol. The molecule has 21 heavy (non-hydrogen) atoms. The molecular weight excluding hydrogens is 338 g/mol. The lowest BCUT2D eigenvalue weighted by molar-refractivity contribution is 0.0615. The third-order valence-corrected chi connectivity index (χ3v) is 4.62. The van der Waals surface area contributed by atoms with Gasteiger partial charge in [-0.3, -0.25) is 4.79 Å². The lowest BCUT2D eigenvalue weighted by Gasteiger charge is -2.36. The number of nitrogens with zero attached hydrogens (tertiary/aromatic N) is 2. The average Bonchev–Trinajstić information content (AvgIpc) is 2.88. The fourth-order valence-electron chi connectivity index (χ4n) is 2.75. The summed E-state index contributed by atoms with van der Waals surface area (Å²) in [6.45, 7) is 2.28. The summed E-state index contributed by atoms with van der Waals surface area (Å²) in [4.78, 5) is 27.8. The number of fused-ring (bicyclic) bond motifs is 1. The molecule has 2 saturated heterocycles. The van der Waals surface area contributed by atoms with E-state index in [-0.39, 0.29) is 18.0 Å². The van der Waals surface area contributed by atoms with E-state index in [1.54, 1.807) is 29.0 Å². The molecule has 112 valence electrons. The van der Waals surface area contributed by atoms with Gasteiger partial charge in [-0.2, -0.15) is 0 Å². The molecule has 1 unspecified atom stereocenters. The molecule has 6 nitrogen and oxygen atoms in total. The maximum Gasteiger partial charge on any atom is 0.317 e. The van der Waals surface area contributed by atoms with E-state index in [0.29, 0.717) is 37.5 Å². The highest BCUT2D eigenvalue weighted by Crippen LogP contribution is 2.25. The molecule has 7 heteroatoms. The van der Waals surface area contributed by atoms with E-state index in [0.717, 1.165) is 4.47 Å². The number of hydrogen-bond donors (Lipinski definition) is 1. The molecule has 3 amide bonds. The third-order valence-electron chi connectivity index (χ3n) is 3.92. The second kappa shape index (κ2) is 5.55. The van der Waals surface area contributed by atoms with E-state index >= 15 is 0 Å². The summed E-state index contributed by atoms with van der Waals surface area (Å²) in [6.07, 6.45) is 0. The molecule has 1 atom stereocenters. The maximum atomic E-state index is 12.7. The van der Waals surface area contributed by atoms with E-state index < -0.39 is 0 Å². The van der Waals surface area contributed by atoms with Crippen LogP contribution in [-0.4, -0.2) is 61.1 Å². The Morgan fingerprint density at radius 2 is 2.24 bits per heavy atom. The maximum absolute atomic E-state index is 12.7. The predicted octanol–water partition coefficient (Wildman–Crippen LogP) is 1.31. The minimum Gasteiger partial charge on any atom is -0.497 e. The number of ether oxygens (including phenoxy) is 1. The number of nitrogens with one attached hydrogen (secondary N) is 1. The normalized spacial score (nSPS) is 21.0. The summed E-state index contributed by atoms with van der Waals surface area (Å²) < 4.78 is 5.92. The average molecular weight is 354 g/mol. The molecule has 1 N–H and O–H groups in total. The van der Waals surface area contributed by atoms with Crippen molar-refractivity contribution >= 4 is 27.9 Å². The number of piperazine rings is 1. The van der Waals surface area contributed by atoms with Crippen LogP contribution in [-0.2, 0) is 0 Å². The van der Waals surface area contributed by atoms with Gasteiger partial charge in [-0.15, -0.1) is 0 Å². The zero-order chi connectivity index (χ0) is 15.0. The summed E-state index contributed by atoms with van der Waals surface area (Å²) in [5.74, 6) is 0.609. The Morgan fingerprint density at radius 3 is 3.00 bits per heavy atom. The van der Waals surface area contributed by atoms with E-state index in [1.807, 2.05) is 6.07 Å². The van der Waals surface area contributed by atoms with Gasteiger partial charge in [0.05, 0.1) is 18.7 Å². The summed E-state index contributed by atoms with van der Waals surface area (Å²) >= 11 is 3.41. The van der Waals surface area contributed by atoms with Crippen LogP contribution in [0.1, 0.15) is 10.4 Å². The van der Waals surface area contributed by atoms with Crippen molar-refractivity contribution in [3.05, 3.63) is 28.2 Å². The van der Waals surface area contributed by atoms with Crippen molar-refractivity contribution in [2.75, 3.05) is 33.3 Å². The second-order valence-electron chi connectivity index (χ2n) is 5.13. The van der Waals surface area contributed by atoms with Gasteiger partial charge in [-0.1, -0.05) is 0 Å². The first-order chi connectivity index (χ1) is 10.1. The van der Waals surface area contributed by atoms with Crippen molar-refractivity contribution in [1.29, 1.82) is 0 Å². The first kappa shape index (κ1) is 14.2. The number of urea groups is 1. The zero-order valence-electron chi connectivity index (χ0n) is 11.6. The molecule has 0 radical (unpaired) electrons. The van der Waals surface area contributed by atoms with Gasteiger partial charge in [0, 0.05) is 30.7 Å². The standard InChI is InChI=1S/C14H16BrN3O3/c1-21-10-2-3-12(15)11(6-10)13(19)17-4-5-18-9(8-17)7-16-14(18)20/h2-3,6,9H,4-5,7-8H2,1H3,(H,16,20). The van der Waals surface area contributed by atoms with Crippen LogP contribution in [0.3, 0.4) is 0 Å². The fraction of sp³-hybridized carbons (Fsp3) is 0.429. The van der Waals surface area contributed by atoms with E-state index in [2.05, 4.69) is 21.2 Å². The lowest BCUT2D eigenvalue weighted by Crippen LogP contribution is -2.53. The smallest absolute Gasteiger partial charge is 0.317 e. The first-order valence-electron chi connectivity index (χ1n) is 6.77. The lowest BCUT2D eigenvalue weighted by atomic mass is 10.1. The number of hydrogen-bond acceptors (Lipinski definition) is 3. The molecule has 2 aliphatic heterocycles. The highest BCUT2D eigenvalue weighted by atomic mass is 79.9.